The van der Waals surface area contributed by atoms with Crippen LogP contribution in [-0.4, -0.2) is 16.1 Å². The lowest BCUT2D eigenvalue weighted by Gasteiger charge is -2.28. The third-order valence-electron chi connectivity index (χ3n) is 7.64. The molecule has 0 fully saturated rings. The van der Waals surface area contributed by atoms with Crippen LogP contribution in [0.1, 0.15) is 19.4 Å². The second-order valence-corrected chi connectivity index (χ2v) is 10.4. The molecular formula is C31H21F3N2. The molecule has 0 bridgehead atoms. The molecule has 0 atom stereocenters. The van der Waals surface area contributed by atoms with E-state index in [1.807, 2.05) is 30.3 Å². The number of fused-ring (bicyclic) bond motifs is 7. The first-order valence-corrected chi connectivity index (χ1v) is 12.0. The number of nitrogens with zero attached hydrogens (tertiary/aromatic N) is 2. The van der Waals surface area contributed by atoms with Crippen molar-refractivity contribution in [1.29, 1.82) is 0 Å². The third kappa shape index (κ3) is 2.86. The van der Waals surface area contributed by atoms with Crippen LogP contribution in [0, 0.1) is 5.41 Å². The van der Waals surface area contributed by atoms with E-state index in [1.165, 1.54) is 13.8 Å². The summed E-state index contributed by atoms with van der Waals surface area (Å²) >= 11 is 0. The summed E-state index contributed by atoms with van der Waals surface area (Å²) in [6.07, 6.45) is -2.78. The van der Waals surface area contributed by atoms with Gasteiger partial charge in [-0.3, -0.25) is 0 Å². The molecule has 176 valence electrons. The van der Waals surface area contributed by atoms with E-state index in [2.05, 4.69) is 41.4 Å². The Labute approximate surface area is 204 Å². The minimum Gasteiger partial charge on any atom is -0.236 e. The Morgan fingerprint density at radius 1 is 0.611 bits per heavy atom. The molecule has 1 heterocycles. The summed E-state index contributed by atoms with van der Waals surface area (Å²) in [6.45, 7) is 2.51. The van der Waals surface area contributed by atoms with E-state index < -0.39 is 11.6 Å². The zero-order valence-electron chi connectivity index (χ0n) is 19.7. The van der Waals surface area contributed by atoms with Crippen LogP contribution < -0.4 is 0 Å². The Kier molecular flexibility index (Phi) is 4.16. The van der Waals surface area contributed by atoms with Crippen LogP contribution in [0.3, 0.4) is 0 Å². The predicted molar refractivity (Wildman–Crippen MR) is 142 cm³/mol. The molecule has 2 nitrogen and oxygen atoms in total. The van der Waals surface area contributed by atoms with Gasteiger partial charge >= 0.3 is 6.18 Å². The van der Waals surface area contributed by atoms with Gasteiger partial charge in [0.15, 0.2) is 0 Å². The van der Waals surface area contributed by atoms with Crippen LogP contribution >= 0.6 is 0 Å². The first-order chi connectivity index (χ1) is 17.2. The molecule has 0 saturated heterocycles. The number of benzene rings is 6. The van der Waals surface area contributed by atoms with Gasteiger partial charge in [-0.25, -0.2) is 9.97 Å². The van der Waals surface area contributed by atoms with Crippen LogP contribution in [0.5, 0.6) is 0 Å². The molecule has 0 saturated carbocycles. The van der Waals surface area contributed by atoms with Crippen LogP contribution in [0.15, 0.2) is 79.1 Å². The highest BCUT2D eigenvalue weighted by atomic mass is 19.4. The Balaban J connectivity index is 1.63. The lowest BCUT2D eigenvalue weighted by molar-refractivity contribution is -0.211. The molecule has 6 aromatic carbocycles. The number of hydrogen-bond donors (Lipinski definition) is 0. The fourth-order valence-electron chi connectivity index (χ4n) is 5.70. The smallest absolute Gasteiger partial charge is 0.236 e. The van der Waals surface area contributed by atoms with E-state index in [4.69, 9.17) is 4.98 Å². The van der Waals surface area contributed by atoms with Crippen molar-refractivity contribution < 1.29 is 13.2 Å². The molecule has 0 amide bonds. The quantitative estimate of drug-likeness (QED) is 0.183. The topological polar surface area (TPSA) is 25.8 Å². The summed E-state index contributed by atoms with van der Waals surface area (Å²) < 4.78 is 40.9. The molecule has 0 N–H and O–H groups in total. The first kappa shape index (κ1) is 21.3. The van der Waals surface area contributed by atoms with Crippen molar-refractivity contribution in [2.24, 2.45) is 5.41 Å². The lowest BCUT2D eigenvalue weighted by atomic mass is 9.83. The maximum Gasteiger partial charge on any atom is 0.394 e. The van der Waals surface area contributed by atoms with Gasteiger partial charge in [-0.15, -0.1) is 0 Å². The van der Waals surface area contributed by atoms with E-state index in [-0.39, 0.29) is 6.42 Å². The summed E-state index contributed by atoms with van der Waals surface area (Å²) in [5, 5.41) is 10.5. The first-order valence-electron chi connectivity index (χ1n) is 12.0. The van der Waals surface area contributed by atoms with Gasteiger partial charge in [0.2, 0.25) is 0 Å². The fourth-order valence-corrected chi connectivity index (χ4v) is 5.70. The second kappa shape index (κ2) is 7.03. The zero-order chi connectivity index (χ0) is 24.8. The van der Waals surface area contributed by atoms with Gasteiger partial charge in [-0.2, -0.15) is 13.2 Å². The number of halogens is 3. The molecule has 0 aliphatic heterocycles. The largest absolute Gasteiger partial charge is 0.394 e. The number of alkyl halides is 3. The van der Waals surface area contributed by atoms with Crippen molar-refractivity contribution in [2.75, 3.05) is 0 Å². The van der Waals surface area contributed by atoms with E-state index in [9.17, 15) is 13.2 Å². The Morgan fingerprint density at radius 2 is 1.22 bits per heavy atom. The molecule has 0 aliphatic carbocycles. The maximum atomic E-state index is 13.6. The van der Waals surface area contributed by atoms with Crippen molar-refractivity contribution in [3.8, 4) is 0 Å². The summed E-state index contributed by atoms with van der Waals surface area (Å²) in [5.41, 5.74) is 0.567. The molecule has 7 rings (SSSR count). The standard InChI is InChI=1S/C31H21F3N2/c1-30(2,31(32,33)34)15-17-10-11-22-23(12-17)20-8-5-9-21-24-13-18-6-3-4-7-19(18)14-25(24)29-27(26(20)21)28(22)35-16-36-29/h3-14,16H,15H2,1-2H3. The van der Waals surface area contributed by atoms with Gasteiger partial charge in [0.1, 0.15) is 6.33 Å². The minimum atomic E-state index is -4.28. The van der Waals surface area contributed by atoms with E-state index >= 15 is 0 Å². The number of hydrogen-bond acceptors (Lipinski definition) is 2. The third-order valence-corrected chi connectivity index (χ3v) is 7.64. The lowest BCUT2D eigenvalue weighted by Crippen LogP contribution is -2.34. The highest BCUT2D eigenvalue weighted by Gasteiger charge is 2.47. The van der Waals surface area contributed by atoms with Crippen LogP contribution in [0.4, 0.5) is 13.2 Å². The second-order valence-electron chi connectivity index (χ2n) is 10.4. The molecule has 0 radical (unpaired) electrons. The van der Waals surface area contributed by atoms with Gasteiger partial charge in [0.05, 0.1) is 16.4 Å². The predicted octanol–water partition coefficient (Wildman–Crippen LogP) is 8.96. The minimum absolute atomic E-state index is 0.0878. The molecule has 0 unspecified atom stereocenters. The monoisotopic (exact) mass is 478 g/mol. The highest BCUT2D eigenvalue weighted by Crippen LogP contribution is 2.45. The van der Waals surface area contributed by atoms with Crippen molar-refractivity contribution in [3.63, 3.8) is 0 Å². The maximum absolute atomic E-state index is 13.6. The average Bonchev–Trinajstić information content (AvgIpc) is 2.86. The Hall–Kier alpha value is -3.99. The van der Waals surface area contributed by atoms with Crippen LogP contribution in [0.25, 0.3) is 64.9 Å². The van der Waals surface area contributed by atoms with E-state index in [0.717, 1.165) is 64.9 Å². The number of rotatable bonds is 2. The summed E-state index contributed by atoms with van der Waals surface area (Å²) in [7, 11) is 0. The molecule has 1 aromatic heterocycles. The van der Waals surface area contributed by atoms with E-state index in [1.54, 1.807) is 12.4 Å². The molecule has 5 heteroatoms. The Morgan fingerprint density at radius 3 is 1.89 bits per heavy atom. The van der Waals surface area contributed by atoms with Gasteiger partial charge in [0, 0.05) is 21.5 Å². The van der Waals surface area contributed by atoms with Gasteiger partial charge in [0.25, 0.3) is 0 Å². The van der Waals surface area contributed by atoms with E-state index in [0.29, 0.717) is 5.56 Å². The SMILES string of the molecule is CC(C)(Cc1ccc2c(c1)c1cccc3c4cc5ccccc5cc4c4ncnc2c4c13)C(F)(F)F. The molecule has 0 spiro atoms. The fraction of sp³-hybridized carbons (Fsp3) is 0.161. The van der Waals surface area contributed by atoms with Crippen molar-refractivity contribution in [3.05, 3.63) is 84.7 Å². The van der Waals surface area contributed by atoms with Gasteiger partial charge < -0.3 is 0 Å². The average molecular weight is 479 g/mol. The van der Waals surface area contributed by atoms with Crippen LogP contribution in [0.2, 0.25) is 0 Å². The summed E-state index contributed by atoms with van der Waals surface area (Å²) in [5.74, 6) is 0. The molecular weight excluding hydrogens is 457 g/mol. The van der Waals surface area contributed by atoms with Crippen molar-refractivity contribution >= 4 is 64.9 Å². The molecule has 0 aliphatic rings. The van der Waals surface area contributed by atoms with Gasteiger partial charge in [-0.1, -0.05) is 74.5 Å². The van der Waals surface area contributed by atoms with Crippen molar-refractivity contribution in [2.45, 2.75) is 26.4 Å². The normalized spacial score (nSPS) is 13.2. The van der Waals surface area contributed by atoms with Crippen LogP contribution in [-0.2, 0) is 6.42 Å². The molecule has 36 heavy (non-hydrogen) atoms. The molecule has 7 aromatic rings. The van der Waals surface area contributed by atoms with Crippen molar-refractivity contribution in [1.82, 2.24) is 9.97 Å². The summed E-state index contributed by atoms with van der Waals surface area (Å²) in [6, 6.07) is 24.5. The highest BCUT2D eigenvalue weighted by molar-refractivity contribution is 6.39. The summed E-state index contributed by atoms with van der Waals surface area (Å²) in [4.78, 5) is 9.41. The number of aromatic nitrogens is 2. The Bertz CT molecular complexity index is 1990. The van der Waals surface area contributed by atoms with Gasteiger partial charge in [-0.05, 0) is 56.4 Å². The zero-order valence-corrected chi connectivity index (χ0v) is 19.7.